The van der Waals surface area contributed by atoms with Gasteiger partial charge < -0.3 is 5.32 Å². The molecule has 0 atom stereocenters. The average Bonchev–Trinajstić information content (AvgIpc) is 2.96. The van der Waals surface area contributed by atoms with Crippen LogP contribution in [0.1, 0.15) is 19.8 Å². The third-order valence-electron chi connectivity index (χ3n) is 3.64. The van der Waals surface area contributed by atoms with E-state index in [0.29, 0.717) is 23.9 Å². The zero-order valence-corrected chi connectivity index (χ0v) is 14.4. The van der Waals surface area contributed by atoms with Crippen LogP contribution < -0.4 is 10.0 Å². The van der Waals surface area contributed by atoms with Crippen LogP contribution in [0.3, 0.4) is 0 Å². The lowest BCUT2D eigenvalue weighted by Gasteiger charge is -2.13. The Morgan fingerprint density at radius 3 is 2.90 bits per heavy atom. The van der Waals surface area contributed by atoms with E-state index in [-0.39, 0.29) is 9.77 Å². The van der Waals surface area contributed by atoms with Crippen molar-refractivity contribution < 1.29 is 8.42 Å². The minimum atomic E-state index is -3.59. The quantitative estimate of drug-likeness (QED) is 0.802. The molecule has 0 saturated heterocycles. The molecule has 9 heteroatoms. The van der Waals surface area contributed by atoms with Crippen molar-refractivity contribution in [1.82, 2.24) is 14.1 Å². The molecule has 1 aliphatic rings. The molecule has 3 rings (SSSR count). The van der Waals surface area contributed by atoms with Crippen molar-refractivity contribution in [3.05, 3.63) is 11.6 Å². The van der Waals surface area contributed by atoms with E-state index < -0.39 is 10.0 Å². The van der Waals surface area contributed by atoms with Crippen LogP contribution in [0.2, 0.25) is 0 Å². The maximum Gasteiger partial charge on any atom is 0.260 e. The topological polar surface area (TPSA) is 75.5 Å². The molecule has 0 spiro atoms. The molecule has 0 aliphatic heterocycles. The highest BCUT2D eigenvalue weighted by atomic mass is 32.2. The largest absolute Gasteiger partial charge is 0.368 e. The number of aromatic nitrogens is 2. The molecule has 1 fully saturated rings. The lowest BCUT2D eigenvalue weighted by Crippen LogP contribution is -2.32. The van der Waals surface area contributed by atoms with Gasteiger partial charge in [-0.05, 0) is 26.0 Å². The number of thiazole rings is 1. The fourth-order valence-electron chi connectivity index (χ4n) is 2.19. The van der Waals surface area contributed by atoms with Gasteiger partial charge in [0.1, 0.15) is 0 Å². The fourth-order valence-corrected chi connectivity index (χ4v) is 5.16. The Bertz CT molecular complexity index is 746. The number of imidazole rings is 1. The van der Waals surface area contributed by atoms with E-state index >= 15 is 0 Å². The monoisotopic (exact) mass is 346 g/mol. The predicted octanol–water partition coefficient (Wildman–Crippen LogP) is 2.00. The SMILES string of the molecule is CCNc1nc2sccn2c1S(=O)(=O)NCC1(SC)CC1. The molecule has 2 aromatic rings. The lowest BCUT2D eigenvalue weighted by atomic mass is 10.4. The van der Waals surface area contributed by atoms with Crippen molar-refractivity contribution in [3.8, 4) is 0 Å². The number of rotatable bonds is 7. The van der Waals surface area contributed by atoms with Gasteiger partial charge in [0.15, 0.2) is 15.8 Å². The van der Waals surface area contributed by atoms with Crippen molar-refractivity contribution in [3.63, 3.8) is 0 Å². The molecular formula is C12H18N4O2S3. The Morgan fingerprint density at radius 1 is 1.52 bits per heavy atom. The zero-order valence-electron chi connectivity index (χ0n) is 11.9. The normalized spacial score (nSPS) is 17.2. The van der Waals surface area contributed by atoms with Gasteiger partial charge in [-0.15, -0.1) is 11.3 Å². The Morgan fingerprint density at radius 2 is 2.29 bits per heavy atom. The van der Waals surface area contributed by atoms with E-state index in [9.17, 15) is 8.42 Å². The van der Waals surface area contributed by atoms with Crippen molar-refractivity contribution in [2.24, 2.45) is 0 Å². The van der Waals surface area contributed by atoms with Crippen molar-refractivity contribution in [2.45, 2.75) is 29.5 Å². The summed E-state index contributed by atoms with van der Waals surface area (Å²) >= 11 is 3.15. The van der Waals surface area contributed by atoms with Crippen LogP contribution in [0.15, 0.2) is 16.6 Å². The fraction of sp³-hybridized carbons (Fsp3) is 0.583. The first kappa shape index (κ1) is 15.1. The number of nitrogens with zero attached hydrogens (tertiary/aromatic N) is 2. The standard InChI is InChI=1S/C12H18N4O2S3/c1-3-13-9-10(16-6-7-20-11(16)15-9)21(17,18)14-8-12(19-2)4-5-12/h6-7,13-14H,3-5,8H2,1-2H3. The summed E-state index contributed by atoms with van der Waals surface area (Å²) in [7, 11) is -3.59. The second-order valence-electron chi connectivity index (χ2n) is 5.06. The van der Waals surface area contributed by atoms with Crippen LogP contribution in [-0.4, -0.2) is 41.9 Å². The summed E-state index contributed by atoms with van der Waals surface area (Å²) < 4.78 is 29.8. The molecule has 0 unspecified atom stereocenters. The predicted molar refractivity (Wildman–Crippen MR) is 87.9 cm³/mol. The van der Waals surface area contributed by atoms with Gasteiger partial charge in [0.25, 0.3) is 10.0 Å². The van der Waals surface area contributed by atoms with Gasteiger partial charge in [-0.3, -0.25) is 4.40 Å². The summed E-state index contributed by atoms with van der Waals surface area (Å²) in [5, 5.41) is 5.08. The second-order valence-corrected chi connectivity index (χ2v) is 8.89. The number of hydrogen-bond donors (Lipinski definition) is 2. The van der Waals surface area contributed by atoms with Gasteiger partial charge in [-0.25, -0.2) is 18.1 Å². The smallest absolute Gasteiger partial charge is 0.260 e. The molecular weight excluding hydrogens is 328 g/mol. The Hall–Kier alpha value is -0.770. The maximum atomic E-state index is 12.7. The van der Waals surface area contributed by atoms with Gasteiger partial charge in [0, 0.05) is 29.4 Å². The van der Waals surface area contributed by atoms with Crippen LogP contribution in [0.4, 0.5) is 5.82 Å². The minimum Gasteiger partial charge on any atom is -0.368 e. The molecule has 116 valence electrons. The van der Waals surface area contributed by atoms with E-state index in [0.717, 1.165) is 12.8 Å². The van der Waals surface area contributed by atoms with E-state index in [1.165, 1.54) is 11.3 Å². The molecule has 0 radical (unpaired) electrons. The highest BCUT2D eigenvalue weighted by Crippen LogP contribution is 2.46. The summed E-state index contributed by atoms with van der Waals surface area (Å²) in [6.45, 7) is 3.02. The van der Waals surface area contributed by atoms with E-state index in [1.54, 1.807) is 22.4 Å². The van der Waals surface area contributed by atoms with Crippen LogP contribution in [-0.2, 0) is 10.0 Å². The molecule has 2 aromatic heterocycles. The van der Waals surface area contributed by atoms with Gasteiger partial charge in [-0.1, -0.05) is 0 Å². The maximum absolute atomic E-state index is 12.7. The van der Waals surface area contributed by atoms with Crippen LogP contribution in [0, 0.1) is 0 Å². The first-order valence-corrected chi connectivity index (χ1v) is 10.3. The Labute approximate surface area is 132 Å². The second kappa shape index (κ2) is 5.45. The third-order valence-corrected chi connectivity index (χ3v) is 7.24. The number of fused-ring (bicyclic) bond motifs is 1. The zero-order chi connectivity index (χ0) is 15.1. The summed E-state index contributed by atoms with van der Waals surface area (Å²) in [4.78, 5) is 5.03. The highest BCUT2D eigenvalue weighted by molar-refractivity contribution is 8.00. The van der Waals surface area contributed by atoms with Crippen molar-refractivity contribution in [1.29, 1.82) is 0 Å². The van der Waals surface area contributed by atoms with E-state index in [2.05, 4.69) is 15.0 Å². The van der Waals surface area contributed by atoms with Gasteiger partial charge in [0.05, 0.1) is 0 Å². The number of anilines is 1. The van der Waals surface area contributed by atoms with E-state index in [1.807, 2.05) is 18.6 Å². The first-order chi connectivity index (χ1) is 10.0. The van der Waals surface area contributed by atoms with Crippen LogP contribution >= 0.6 is 23.1 Å². The highest BCUT2D eigenvalue weighted by Gasteiger charge is 2.43. The van der Waals surface area contributed by atoms with Crippen molar-refractivity contribution >= 4 is 43.9 Å². The van der Waals surface area contributed by atoms with Gasteiger partial charge in [-0.2, -0.15) is 11.8 Å². The molecule has 0 bridgehead atoms. The van der Waals surface area contributed by atoms with Crippen molar-refractivity contribution in [2.75, 3.05) is 24.7 Å². The van der Waals surface area contributed by atoms with Gasteiger partial charge >= 0.3 is 0 Å². The number of hydrogen-bond acceptors (Lipinski definition) is 6. The third kappa shape index (κ3) is 2.79. The molecule has 1 aliphatic carbocycles. The first-order valence-electron chi connectivity index (χ1n) is 6.75. The molecule has 0 amide bonds. The number of nitrogens with one attached hydrogen (secondary N) is 2. The molecule has 0 aromatic carbocycles. The molecule has 6 nitrogen and oxygen atoms in total. The lowest BCUT2D eigenvalue weighted by molar-refractivity contribution is 0.575. The Balaban J connectivity index is 1.93. The summed E-state index contributed by atoms with van der Waals surface area (Å²) in [6, 6.07) is 0. The van der Waals surface area contributed by atoms with E-state index in [4.69, 9.17) is 0 Å². The van der Waals surface area contributed by atoms with Gasteiger partial charge in [0.2, 0.25) is 0 Å². The molecule has 21 heavy (non-hydrogen) atoms. The molecule has 1 saturated carbocycles. The Kier molecular flexibility index (Phi) is 3.93. The number of thioether (sulfide) groups is 1. The molecule has 2 heterocycles. The summed E-state index contributed by atoms with van der Waals surface area (Å²) in [5.74, 6) is 0.422. The average molecular weight is 347 g/mol. The summed E-state index contributed by atoms with van der Waals surface area (Å²) in [5.41, 5.74) is 0. The van der Waals surface area contributed by atoms with Crippen LogP contribution in [0.25, 0.3) is 4.96 Å². The summed E-state index contributed by atoms with van der Waals surface area (Å²) in [6.07, 6.45) is 5.90. The minimum absolute atomic E-state index is 0.0872. The number of sulfonamides is 1. The molecule has 2 N–H and O–H groups in total. The van der Waals surface area contributed by atoms with Crippen LogP contribution in [0.5, 0.6) is 0 Å².